The molecule has 1 aromatic heterocycles. The van der Waals surface area contributed by atoms with Gasteiger partial charge in [0.05, 0.1) is 5.69 Å². The predicted molar refractivity (Wildman–Crippen MR) is 90.0 cm³/mol. The number of nitrogens with zero attached hydrogens (tertiary/aromatic N) is 2. The molecule has 4 saturated carbocycles. The van der Waals surface area contributed by atoms with Crippen LogP contribution in [-0.2, 0) is 18.3 Å². The van der Waals surface area contributed by atoms with Gasteiger partial charge in [0.25, 0.3) is 0 Å². The Balaban J connectivity index is 1.39. The number of hydrogen-bond donors (Lipinski definition) is 1. The van der Waals surface area contributed by atoms with Gasteiger partial charge in [-0.3, -0.25) is 9.48 Å². The lowest BCUT2D eigenvalue weighted by molar-refractivity contribution is -0.146. The van der Waals surface area contributed by atoms with Gasteiger partial charge in [-0.2, -0.15) is 5.10 Å². The van der Waals surface area contributed by atoms with Crippen molar-refractivity contribution in [2.24, 2.45) is 30.2 Å². The third-order valence-electron chi connectivity index (χ3n) is 6.84. The lowest BCUT2D eigenvalue weighted by atomic mass is 9.49. The standard InChI is InChI=1S/C19H29N3O/c1-12-17(13(2)22(3)21-12)4-5-20-18(23)19-9-14-6-15(10-19)8-16(7-14)11-19/h14-16H,4-11H2,1-3H3,(H,20,23). The molecular formula is C19H29N3O. The Labute approximate surface area is 139 Å². The van der Waals surface area contributed by atoms with Gasteiger partial charge >= 0.3 is 0 Å². The quantitative estimate of drug-likeness (QED) is 0.928. The monoisotopic (exact) mass is 315 g/mol. The van der Waals surface area contributed by atoms with E-state index < -0.39 is 0 Å². The third-order valence-corrected chi connectivity index (χ3v) is 6.84. The molecule has 4 aliphatic carbocycles. The summed E-state index contributed by atoms with van der Waals surface area (Å²) in [5, 5.41) is 7.74. The van der Waals surface area contributed by atoms with Crippen molar-refractivity contribution in [1.82, 2.24) is 15.1 Å². The molecule has 4 bridgehead atoms. The highest BCUT2D eigenvalue weighted by Gasteiger charge is 2.54. The number of carbonyl (C=O) groups excluding carboxylic acids is 1. The summed E-state index contributed by atoms with van der Waals surface area (Å²) >= 11 is 0. The molecule has 1 N–H and O–H groups in total. The maximum Gasteiger partial charge on any atom is 0.226 e. The topological polar surface area (TPSA) is 46.9 Å². The smallest absolute Gasteiger partial charge is 0.226 e. The van der Waals surface area contributed by atoms with Gasteiger partial charge in [-0.15, -0.1) is 0 Å². The van der Waals surface area contributed by atoms with Crippen LogP contribution < -0.4 is 5.32 Å². The molecule has 0 atom stereocenters. The number of hydrogen-bond acceptors (Lipinski definition) is 2. The van der Waals surface area contributed by atoms with E-state index in [-0.39, 0.29) is 5.41 Å². The largest absolute Gasteiger partial charge is 0.355 e. The molecule has 5 rings (SSSR count). The number of rotatable bonds is 4. The second-order valence-corrected chi connectivity index (χ2v) is 8.48. The summed E-state index contributed by atoms with van der Waals surface area (Å²) in [5.41, 5.74) is 3.58. The van der Waals surface area contributed by atoms with Crippen molar-refractivity contribution < 1.29 is 4.79 Å². The molecule has 0 saturated heterocycles. The zero-order valence-corrected chi connectivity index (χ0v) is 14.7. The van der Waals surface area contributed by atoms with Gasteiger partial charge in [0.1, 0.15) is 0 Å². The summed E-state index contributed by atoms with van der Waals surface area (Å²) in [6.45, 7) is 4.91. The molecule has 23 heavy (non-hydrogen) atoms. The Hall–Kier alpha value is -1.32. The van der Waals surface area contributed by atoms with Crippen LogP contribution in [0.15, 0.2) is 0 Å². The average Bonchev–Trinajstić information content (AvgIpc) is 2.72. The molecule has 0 aliphatic heterocycles. The molecule has 0 spiro atoms. The van der Waals surface area contributed by atoms with Gasteiger partial charge in [0.15, 0.2) is 0 Å². The van der Waals surface area contributed by atoms with Crippen LogP contribution in [0.25, 0.3) is 0 Å². The Morgan fingerprint density at radius 3 is 2.22 bits per heavy atom. The van der Waals surface area contributed by atoms with Gasteiger partial charge in [-0.05, 0) is 82.1 Å². The number of aryl methyl sites for hydroxylation is 2. The van der Waals surface area contributed by atoms with E-state index in [1.807, 2.05) is 11.7 Å². The zero-order chi connectivity index (χ0) is 16.2. The third kappa shape index (κ3) is 2.50. The Kier molecular flexibility index (Phi) is 3.54. The van der Waals surface area contributed by atoms with E-state index >= 15 is 0 Å². The first-order valence-corrected chi connectivity index (χ1v) is 9.24. The second-order valence-electron chi connectivity index (χ2n) is 8.48. The Bertz CT molecular complexity index is 596. The van der Waals surface area contributed by atoms with Gasteiger partial charge in [0, 0.05) is 24.7 Å². The van der Waals surface area contributed by atoms with Crippen LogP contribution in [0.3, 0.4) is 0 Å². The van der Waals surface area contributed by atoms with Crippen molar-refractivity contribution >= 4 is 5.91 Å². The summed E-state index contributed by atoms with van der Waals surface area (Å²) in [7, 11) is 1.99. The fourth-order valence-electron chi connectivity index (χ4n) is 6.06. The Morgan fingerprint density at radius 2 is 1.74 bits per heavy atom. The number of aromatic nitrogens is 2. The van der Waals surface area contributed by atoms with E-state index in [0.717, 1.165) is 55.7 Å². The molecule has 0 unspecified atom stereocenters. The molecular weight excluding hydrogens is 286 g/mol. The minimum absolute atomic E-state index is 0.0201. The van der Waals surface area contributed by atoms with Crippen molar-refractivity contribution in [2.75, 3.05) is 6.54 Å². The van der Waals surface area contributed by atoms with E-state index in [9.17, 15) is 4.79 Å². The molecule has 4 nitrogen and oxygen atoms in total. The number of carbonyl (C=O) groups is 1. The van der Waals surface area contributed by atoms with Crippen molar-refractivity contribution in [2.45, 2.75) is 58.8 Å². The summed E-state index contributed by atoms with van der Waals surface area (Å²) in [5.74, 6) is 2.83. The fourth-order valence-corrected chi connectivity index (χ4v) is 6.06. The first-order chi connectivity index (χ1) is 11.0. The second kappa shape index (κ2) is 5.35. The molecule has 0 radical (unpaired) electrons. The van der Waals surface area contributed by atoms with E-state index in [1.54, 1.807) is 0 Å². The molecule has 4 fully saturated rings. The van der Waals surface area contributed by atoms with E-state index in [2.05, 4.69) is 24.3 Å². The lowest BCUT2D eigenvalue weighted by Crippen LogP contribution is -2.53. The molecule has 0 aromatic carbocycles. The maximum atomic E-state index is 12.9. The SMILES string of the molecule is Cc1nn(C)c(C)c1CCNC(=O)C12CC3CC(CC(C3)C1)C2. The van der Waals surface area contributed by atoms with Gasteiger partial charge in [-0.25, -0.2) is 0 Å². The first-order valence-electron chi connectivity index (χ1n) is 9.24. The molecule has 4 heteroatoms. The maximum absolute atomic E-state index is 12.9. The molecule has 1 heterocycles. The van der Waals surface area contributed by atoms with Crippen LogP contribution in [0.1, 0.15) is 55.5 Å². The first kappa shape index (κ1) is 15.2. The highest BCUT2D eigenvalue weighted by atomic mass is 16.2. The summed E-state index contributed by atoms with van der Waals surface area (Å²) in [4.78, 5) is 12.9. The van der Waals surface area contributed by atoms with Crippen LogP contribution in [0, 0.1) is 37.0 Å². The molecule has 126 valence electrons. The predicted octanol–water partition coefficient (Wildman–Crippen LogP) is 2.91. The van der Waals surface area contributed by atoms with Crippen LogP contribution in [-0.4, -0.2) is 22.2 Å². The van der Waals surface area contributed by atoms with Crippen molar-refractivity contribution in [3.05, 3.63) is 17.0 Å². The molecule has 1 amide bonds. The average molecular weight is 315 g/mol. The normalized spacial score (nSPS) is 34.8. The lowest BCUT2D eigenvalue weighted by Gasteiger charge is -2.55. The van der Waals surface area contributed by atoms with Crippen molar-refractivity contribution in [1.29, 1.82) is 0 Å². The fraction of sp³-hybridized carbons (Fsp3) is 0.789. The molecule has 1 aromatic rings. The van der Waals surface area contributed by atoms with Gasteiger partial charge in [-0.1, -0.05) is 0 Å². The van der Waals surface area contributed by atoms with Crippen LogP contribution in [0.2, 0.25) is 0 Å². The summed E-state index contributed by atoms with van der Waals surface area (Å²) in [6.07, 6.45) is 8.51. The zero-order valence-electron chi connectivity index (χ0n) is 14.7. The van der Waals surface area contributed by atoms with Crippen molar-refractivity contribution in [3.63, 3.8) is 0 Å². The Morgan fingerprint density at radius 1 is 1.17 bits per heavy atom. The van der Waals surface area contributed by atoms with E-state index in [1.165, 1.54) is 30.5 Å². The number of nitrogens with one attached hydrogen (secondary N) is 1. The van der Waals surface area contributed by atoms with E-state index in [0.29, 0.717) is 5.91 Å². The summed E-state index contributed by atoms with van der Waals surface area (Å²) in [6, 6.07) is 0. The molecule has 4 aliphatic rings. The number of amides is 1. The minimum atomic E-state index is -0.0201. The summed E-state index contributed by atoms with van der Waals surface area (Å²) < 4.78 is 1.94. The minimum Gasteiger partial charge on any atom is -0.355 e. The van der Waals surface area contributed by atoms with Crippen molar-refractivity contribution in [3.8, 4) is 0 Å². The van der Waals surface area contributed by atoms with E-state index in [4.69, 9.17) is 0 Å². The highest BCUT2D eigenvalue weighted by Crippen LogP contribution is 2.60. The van der Waals surface area contributed by atoms with Gasteiger partial charge < -0.3 is 5.32 Å². The van der Waals surface area contributed by atoms with Gasteiger partial charge in [0.2, 0.25) is 5.91 Å². The highest BCUT2D eigenvalue weighted by molar-refractivity contribution is 5.83. The van der Waals surface area contributed by atoms with Crippen LogP contribution in [0.4, 0.5) is 0 Å². The van der Waals surface area contributed by atoms with Crippen LogP contribution >= 0.6 is 0 Å². The van der Waals surface area contributed by atoms with Crippen LogP contribution in [0.5, 0.6) is 0 Å².